The first-order valence-electron chi connectivity index (χ1n) is 4.73. The van der Waals surface area contributed by atoms with E-state index in [9.17, 15) is 4.79 Å². The summed E-state index contributed by atoms with van der Waals surface area (Å²) in [6.45, 7) is 4.33. The molecule has 2 rings (SSSR count). The maximum atomic E-state index is 10.7. The molecule has 1 fully saturated rings. The Labute approximate surface area is 87.0 Å². The van der Waals surface area contributed by atoms with Crippen LogP contribution in [0.15, 0.2) is 11.4 Å². The molecule has 2 heterocycles. The summed E-state index contributed by atoms with van der Waals surface area (Å²) in [5, 5.41) is 10.7. The second kappa shape index (κ2) is 3.61. The van der Waals surface area contributed by atoms with Crippen LogP contribution in [0.2, 0.25) is 0 Å². The molecule has 1 atom stereocenters. The number of carboxylic acid groups (broad SMARTS) is 1. The number of carbonyl (C=O) groups is 1. The third kappa shape index (κ3) is 1.75. The van der Waals surface area contributed by atoms with E-state index in [1.165, 1.54) is 17.8 Å². The van der Waals surface area contributed by atoms with Gasteiger partial charge in [0.2, 0.25) is 0 Å². The zero-order valence-electron chi connectivity index (χ0n) is 8.06. The molecule has 0 spiro atoms. The number of thiophene rings is 1. The van der Waals surface area contributed by atoms with Gasteiger partial charge in [-0.05, 0) is 18.4 Å². The maximum Gasteiger partial charge on any atom is 0.345 e. The van der Waals surface area contributed by atoms with Crippen LogP contribution in [-0.4, -0.2) is 24.2 Å². The highest BCUT2D eigenvalue weighted by molar-refractivity contribution is 7.12. The van der Waals surface area contributed by atoms with Gasteiger partial charge in [0.15, 0.2) is 0 Å². The van der Waals surface area contributed by atoms with Crippen LogP contribution in [0.5, 0.6) is 0 Å². The SMILES string of the molecule is CC1CCN(c2csc(C(=O)O)c2)C1. The molecule has 1 saturated heterocycles. The van der Waals surface area contributed by atoms with Crippen molar-refractivity contribution in [2.24, 2.45) is 5.92 Å². The first-order valence-corrected chi connectivity index (χ1v) is 5.61. The number of anilines is 1. The average Bonchev–Trinajstić information content (AvgIpc) is 2.70. The van der Waals surface area contributed by atoms with Crippen molar-refractivity contribution in [2.45, 2.75) is 13.3 Å². The monoisotopic (exact) mass is 211 g/mol. The number of nitrogens with zero attached hydrogens (tertiary/aromatic N) is 1. The van der Waals surface area contributed by atoms with E-state index in [0.29, 0.717) is 4.88 Å². The van der Waals surface area contributed by atoms with Crippen molar-refractivity contribution >= 4 is 23.0 Å². The fraction of sp³-hybridized carbons (Fsp3) is 0.500. The molecule has 76 valence electrons. The van der Waals surface area contributed by atoms with Crippen LogP contribution in [0.25, 0.3) is 0 Å². The lowest BCUT2D eigenvalue weighted by molar-refractivity contribution is 0.0702. The van der Waals surface area contributed by atoms with E-state index in [1.54, 1.807) is 6.07 Å². The van der Waals surface area contributed by atoms with Crippen LogP contribution in [-0.2, 0) is 0 Å². The highest BCUT2D eigenvalue weighted by Crippen LogP contribution is 2.28. The van der Waals surface area contributed by atoms with Gasteiger partial charge in [0.1, 0.15) is 4.88 Å². The summed E-state index contributed by atoms with van der Waals surface area (Å²) < 4.78 is 0. The van der Waals surface area contributed by atoms with Crippen molar-refractivity contribution in [3.8, 4) is 0 Å². The highest BCUT2D eigenvalue weighted by Gasteiger charge is 2.20. The number of aromatic carboxylic acids is 1. The summed E-state index contributed by atoms with van der Waals surface area (Å²) in [7, 11) is 0. The lowest BCUT2D eigenvalue weighted by atomic mass is 10.2. The van der Waals surface area contributed by atoms with Gasteiger partial charge in [-0.15, -0.1) is 11.3 Å². The van der Waals surface area contributed by atoms with Crippen molar-refractivity contribution in [3.63, 3.8) is 0 Å². The summed E-state index contributed by atoms with van der Waals surface area (Å²) in [4.78, 5) is 13.4. The minimum Gasteiger partial charge on any atom is -0.477 e. The van der Waals surface area contributed by atoms with Crippen molar-refractivity contribution in [3.05, 3.63) is 16.3 Å². The Morgan fingerprint density at radius 3 is 3.00 bits per heavy atom. The Kier molecular flexibility index (Phi) is 2.46. The Bertz CT molecular complexity index is 348. The molecule has 1 aromatic rings. The lowest BCUT2D eigenvalue weighted by Crippen LogP contribution is -2.18. The van der Waals surface area contributed by atoms with Crippen molar-refractivity contribution < 1.29 is 9.90 Å². The van der Waals surface area contributed by atoms with Gasteiger partial charge in [0.05, 0.1) is 0 Å². The summed E-state index contributed by atoms with van der Waals surface area (Å²) in [5.41, 5.74) is 1.07. The van der Waals surface area contributed by atoms with Crippen LogP contribution in [0.1, 0.15) is 23.0 Å². The van der Waals surface area contributed by atoms with Gasteiger partial charge in [-0.3, -0.25) is 0 Å². The number of hydrogen-bond donors (Lipinski definition) is 1. The standard InChI is InChI=1S/C10H13NO2S/c1-7-2-3-11(5-7)8-4-9(10(12)13)14-6-8/h4,6-7H,2-3,5H2,1H3,(H,12,13). The molecule has 14 heavy (non-hydrogen) atoms. The largest absolute Gasteiger partial charge is 0.477 e. The zero-order chi connectivity index (χ0) is 10.1. The third-order valence-electron chi connectivity index (χ3n) is 2.59. The first-order chi connectivity index (χ1) is 6.66. The number of rotatable bonds is 2. The molecule has 0 saturated carbocycles. The molecule has 0 amide bonds. The van der Waals surface area contributed by atoms with Gasteiger partial charge in [-0.2, -0.15) is 0 Å². The number of hydrogen-bond acceptors (Lipinski definition) is 3. The highest BCUT2D eigenvalue weighted by atomic mass is 32.1. The second-order valence-corrected chi connectivity index (χ2v) is 4.73. The molecule has 1 aromatic heterocycles. The topological polar surface area (TPSA) is 40.5 Å². The molecular formula is C10H13NO2S. The Hall–Kier alpha value is -1.03. The fourth-order valence-corrected chi connectivity index (χ4v) is 2.53. The summed E-state index contributed by atoms with van der Waals surface area (Å²) in [6.07, 6.45) is 1.21. The minimum atomic E-state index is -0.825. The summed E-state index contributed by atoms with van der Waals surface area (Å²) in [5.74, 6) is -0.100. The van der Waals surface area contributed by atoms with E-state index < -0.39 is 5.97 Å². The van der Waals surface area contributed by atoms with Gasteiger partial charge in [-0.1, -0.05) is 6.92 Å². The second-order valence-electron chi connectivity index (χ2n) is 3.81. The van der Waals surface area contributed by atoms with Crippen LogP contribution in [0, 0.1) is 5.92 Å². The molecule has 0 bridgehead atoms. The van der Waals surface area contributed by atoms with Crippen molar-refractivity contribution in [1.29, 1.82) is 0 Å². The predicted molar refractivity (Wildman–Crippen MR) is 57.3 cm³/mol. The maximum absolute atomic E-state index is 10.7. The lowest BCUT2D eigenvalue weighted by Gasteiger charge is -2.15. The zero-order valence-corrected chi connectivity index (χ0v) is 8.88. The van der Waals surface area contributed by atoms with Gasteiger partial charge < -0.3 is 10.0 Å². The molecule has 0 aromatic carbocycles. The molecule has 1 aliphatic rings. The smallest absolute Gasteiger partial charge is 0.345 e. The van der Waals surface area contributed by atoms with Gasteiger partial charge in [-0.25, -0.2) is 4.79 Å². The predicted octanol–water partition coefficient (Wildman–Crippen LogP) is 2.29. The van der Waals surface area contributed by atoms with Crippen LogP contribution < -0.4 is 4.90 Å². The fourth-order valence-electron chi connectivity index (χ4n) is 1.77. The van der Waals surface area contributed by atoms with Crippen molar-refractivity contribution in [2.75, 3.05) is 18.0 Å². The molecule has 0 radical (unpaired) electrons. The molecule has 3 nitrogen and oxygen atoms in total. The van der Waals surface area contributed by atoms with E-state index >= 15 is 0 Å². The minimum absolute atomic E-state index is 0.430. The average molecular weight is 211 g/mol. The van der Waals surface area contributed by atoms with Gasteiger partial charge >= 0.3 is 5.97 Å². The quantitative estimate of drug-likeness (QED) is 0.816. The van der Waals surface area contributed by atoms with Crippen LogP contribution in [0.4, 0.5) is 5.69 Å². The van der Waals surface area contributed by atoms with E-state index in [-0.39, 0.29) is 0 Å². The van der Waals surface area contributed by atoms with E-state index in [0.717, 1.165) is 24.7 Å². The number of carboxylic acids is 1. The van der Waals surface area contributed by atoms with E-state index in [4.69, 9.17) is 5.11 Å². The van der Waals surface area contributed by atoms with Crippen LogP contribution >= 0.6 is 11.3 Å². The molecular weight excluding hydrogens is 198 g/mol. The summed E-state index contributed by atoms with van der Waals surface area (Å²) in [6, 6.07) is 1.77. The molecule has 1 aliphatic heterocycles. The molecule has 1 unspecified atom stereocenters. The summed E-state index contributed by atoms with van der Waals surface area (Å²) >= 11 is 1.30. The Morgan fingerprint density at radius 2 is 2.50 bits per heavy atom. The Balaban J connectivity index is 2.13. The first kappa shape index (κ1) is 9.52. The molecule has 1 N–H and O–H groups in total. The van der Waals surface area contributed by atoms with Gasteiger partial charge in [0, 0.05) is 24.2 Å². The van der Waals surface area contributed by atoms with Gasteiger partial charge in [0.25, 0.3) is 0 Å². The van der Waals surface area contributed by atoms with Crippen LogP contribution in [0.3, 0.4) is 0 Å². The Morgan fingerprint density at radius 1 is 1.71 bits per heavy atom. The third-order valence-corrected chi connectivity index (χ3v) is 3.49. The normalized spacial score (nSPS) is 21.5. The van der Waals surface area contributed by atoms with E-state index in [2.05, 4.69) is 11.8 Å². The molecule has 4 heteroatoms. The molecule has 0 aliphatic carbocycles. The van der Waals surface area contributed by atoms with E-state index in [1.807, 2.05) is 5.38 Å². The van der Waals surface area contributed by atoms with Crippen molar-refractivity contribution in [1.82, 2.24) is 0 Å².